The number of hydrogen-bond donors (Lipinski definition) is 1. The van der Waals surface area contributed by atoms with Crippen LogP contribution in [-0.2, 0) is 0 Å². The van der Waals surface area contributed by atoms with Crippen LogP contribution in [0.5, 0.6) is 0 Å². The predicted molar refractivity (Wildman–Crippen MR) is 91.6 cm³/mol. The first kappa shape index (κ1) is 17.7. The molecule has 0 saturated heterocycles. The van der Waals surface area contributed by atoms with Gasteiger partial charge < -0.3 is 10.2 Å². The normalized spacial score (nSPS) is 12.3. The number of benzene rings is 2. The van der Waals surface area contributed by atoms with Crippen LogP contribution in [0.15, 0.2) is 42.5 Å². The number of likely N-dealkylation sites (N-methyl/N-ethyl adjacent to an activating group) is 1. The van der Waals surface area contributed by atoms with Gasteiger partial charge >= 0.3 is 0 Å². The summed E-state index contributed by atoms with van der Waals surface area (Å²) >= 11 is 12.1. The van der Waals surface area contributed by atoms with Crippen molar-refractivity contribution in [2.24, 2.45) is 0 Å². The smallest absolute Gasteiger partial charge is 0.252 e. The molecule has 6 heteroatoms. The van der Waals surface area contributed by atoms with Gasteiger partial charge in [0.1, 0.15) is 5.82 Å². The maximum Gasteiger partial charge on any atom is 0.252 e. The van der Waals surface area contributed by atoms with Gasteiger partial charge in [-0.1, -0.05) is 41.4 Å². The molecular formula is C17H17Cl2FN2O. The van der Waals surface area contributed by atoms with Crippen molar-refractivity contribution >= 4 is 29.1 Å². The van der Waals surface area contributed by atoms with Crippen molar-refractivity contribution < 1.29 is 9.18 Å². The first-order valence-corrected chi connectivity index (χ1v) is 7.80. The van der Waals surface area contributed by atoms with E-state index in [-0.39, 0.29) is 22.5 Å². The Morgan fingerprint density at radius 2 is 1.87 bits per heavy atom. The molecule has 0 aliphatic carbocycles. The highest BCUT2D eigenvalue weighted by Crippen LogP contribution is 2.25. The summed E-state index contributed by atoms with van der Waals surface area (Å²) in [5.74, 6) is -0.831. The second-order valence-corrected chi connectivity index (χ2v) is 6.15. The number of carbonyl (C=O) groups excluding carboxylic acids is 1. The average molecular weight is 355 g/mol. The molecule has 23 heavy (non-hydrogen) atoms. The first-order valence-electron chi connectivity index (χ1n) is 7.04. The second-order valence-electron chi connectivity index (χ2n) is 5.34. The molecule has 0 radical (unpaired) electrons. The SMILES string of the molecule is CN(C)[C@H](CNC(=O)c1ccc(F)cc1Cl)c1ccccc1Cl. The molecule has 0 aliphatic heterocycles. The Hall–Kier alpha value is -1.62. The van der Waals surface area contributed by atoms with Crippen molar-refractivity contribution in [3.63, 3.8) is 0 Å². The quantitative estimate of drug-likeness (QED) is 0.873. The summed E-state index contributed by atoms with van der Waals surface area (Å²) in [4.78, 5) is 14.2. The van der Waals surface area contributed by atoms with E-state index in [2.05, 4.69) is 5.32 Å². The molecule has 0 aliphatic rings. The average Bonchev–Trinajstić information content (AvgIpc) is 2.48. The number of rotatable bonds is 5. The molecule has 0 spiro atoms. The zero-order valence-corrected chi connectivity index (χ0v) is 14.3. The number of nitrogens with zero attached hydrogens (tertiary/aromatic N) is 1. The van der Waals surface area contributed by atoms with Gasteiger partial charge in [0.25, 0.3) is 5.91 Å². The van der Waals surface area contributed by atoms with E-state index in [9.17, 15) is 9.18 Å². The molecule has 2 rings (SSSR count). The highest BCUT2D eigenvalue weighted by Gasteiger charge is 2.19. The molecule has 0 heterocycles. The van der Waals surface area contributed by atoms with Crippen LogP contribution in [0.25, 0.3) is 0 Å². The molecule has 0 bridgehead atoms. The molecule has 1 atom stereocenters. The summed E-state index contributed by atoms with van der Waals surface area (Å²) in [5.41, 5.74) is 1.16. The topological polar surface area (TPSA) is 32.3 Å². The van der Waals surface area contributed by atoms with Crippen molar-refractivity contribution in [2.75, 3.05) is 20.6 Å². The molecule has 2 aromatic carbocycles. The van der Waals surface area contributed by atoms with Crippen LogP contribution >= 0.6 is 23.2 Å². The Labute approximate surface area is 145 Å². The van der Waals surface area contributed by atoms with E-state index in [1.807, 2.05) is 43.3 Å². The predicted octanol–water partition coefficient (Wildman–Crippen LogP) is 4.17. The van der Waals surface area contributed by atoms with Gasteiger partial charge in [0, 0.05) is 11.6 Å². The van der Waals surface area contributed by atoms with Crippen molar-refractivity contribution in [1.82, 2.24) is 10.2 Å². The van der Waals surface area contributed by atoms with Crippen molar-refractivity contribution in [3.05, 3.63) is 69.5 Å². The Morgan fingerprint density at radius 3 is 2.48 bits per heavy atom. The summed E-state index contributed by atoms with van der Waals surface area (Å²) in [6, 6.07) is 11.1. The van der Waals surface area contributed by atoms with Crippen molar-refractivity contribution in [3.8, 4) is 0 Å². The lowest BCUT2D eigenvalue weighted by atomic mass is 10.1. The van der Waals surface area contributed by atoms with Crippen LogP contribution in [0.2, 0.25) is 10.0 Å². The van der Waals surface area contributed by atoms with Gasteiger partial charge in [-0.15, -0.1) is 0 Å². The summed E-state index contributed by atoms with van der Waals surface area (Å²) in [7, 11) is 3.82. The highest BCUT2D eigenvalue weighted by molar-refractivity contribution is 6.33. The van der Waals surface area contributed by atoms with Gasteiger partial charge in [-0.2, -0.15) is 0 Å². The van der Waals surface area contributed by atoms with E-state index in [1.165, 1.54) is 12.1 Å². The number of carbonyl (C=O) groups is 1. The summed E-state index contributed by atoms with van der Waals surface area (Å²) < 4.78 is 13.1. The minimum absolute atomic E-state index is 0.0849. The summed E-state index contributed by atoms with van der Waals surface area (Å²) in [6.45, 7) is 0.350. The lowest BCUT2D eigenvalue weighted by molar-refractivity contribution is 0.0942. The lowest BCUT2D eigenvalue weighted by Crippen LogP contribution is -2.34. The van der Waals surface area contributed by atoms with Crippen molar-refractivity contribution in [2.45, 2.75) is 6.04 Å². The van der Waals surface area contributed by atoms with Crippen LogP contribution < -0.4 is 5.32 Å². The minimum atomic E-state index is -0.478. The second kappa shape index (κ2) is 7.77. The van der Waals surface area contributed by atoms with Gasteiger partial charge in [0.2, 0.25) is 0 Å². The molecule has 2 aromatic rings. The third kappa shape index (κ3) is 4.44. The molecule has 122 valence electrons. The Balaban J connectivity index is 2.13. The van der Waals surface area contributed by atoms with E-state index in [1.54, 1.807) is 0 Å². The Kier molecular flexibility index (Phi) is 5.99. The summed E-state index contributed by atoms with van der Waals surface area (Å²) in [5, 5.41) is 3.54. The fourth-order valence-corrected chi connectivity index (χ4v) is 2.79. The fourth-order valence-electron chi connectivity index (χ4n) is 2.27. The molecule has 0 unspecified atom stereocenters. The maximum absolute atomic E-state index is 13.1. The van der Waals surface area contributed by atoms with Gasteiger partial charge in [-0.25, -0.2) is 4.39 Å². The Bertz CT molecular complexity index is 707. The van der Waals surface area contributed by atoms with Gasteiger partial charge in [-0.05, 0) is 43.9 Å². The number of amides is 1. The molecule has 1 amide bonds. The van der Waals surface area contributed by atoms with Gasteiger partial charge in [-0.3, -0.25) is 4.79 Å². The lowest BCUT2D eigenvalue weighted by Gasteiger charge is -2.26. The molecule has 0 aromatic heterocycles. The van der Waals surface area contributed by atoms with E-state index in [4.69, 9.17) is 23.2 Å². The zero-order valence-electron chi connectivity index (χ0n) is 12.8. The van der Waals surface area contributed by atoms with E-state index in [0.29, 0.717) is 11.6 Å². The molecule has 1 N–H and O–H groups in total. The molecule has 0 fully saturated rings. The van der Waals surface area contributed by atoms with Gasteiger partial charge in [0.05, 0.1) is 16.6 Å². The number of halogens is 3. The van der Waals surface area contributed by atoms with Crippen LogP contribution in [0.4, 0.5) is 4.39 Å². The largest absolute Gasteiger partial charge is 0.350 e. The van der Waals surface area contributed by atoms with E-state index in [0.717, 1.165) is 11.6 Å². The number of hydrogen-bond acceptors (Lipinski definition) is 2. The summed E-state index contributed by atoms with van der Waals surface area (Å²) in [6.07, 6.45) is 0. The highest BCUT2D eigenvalue weighted by atomic mass is 35.5. The third-order valence-electron chi connectivity index (χ3n) is 3.52. The maximum atomic E-state index is 13.1. The van der Waals surface area contributed by atoms with Crippen LogP contribution in [0.3, 0.4) is 0 Å². The minimum Gasteiger partial charge on any atom is -0.350 e. The standard InChI is InChI=1S/C17H17Cl2FN2O/c1-22(2)16(12-5-3-4-6-14(12)18)10-21-17(23)13-8-7-11(20)9-15(13)19/h3-9,16H,10H2,1-2H3,(H,21,23)/t16-/m1/s1. The molecule has 0 saturated carbocycles. The monoisotopic (exact) mass is 354 g/mol. The van der Waals surface area contributed by atoms with Gasteiger partial charge in [0.15, 0.2) is 0 Å². The Morgan fingerprint density at radius 1 is 1.17 bits per heavy atom. The third-order valence-corrected chi connectivity index (χ3v) is 4.18. The molecular weight excluding hydrogens is 338 g/mol. The molecule has 3 nitrogen and oxygen atoms in total. The van der Waals surface area contributed by atoms with E-state index >= 15 is 0 Å². The zero-order chi connectivity index (χ0) is 17.0. The fraction of sp³-hybridized carbons (Fsp3) is 0.235. The first-order chi connectivity index (χ1) is 10.9. The van der Waals surface area contributed by atoms with Crippen molar-refractivity contribution in [1.29, 1.82) is 0 Å². The van der Waals surface area contributed by atoms with E-state index < -0.39 is 5.82 Å². The van der Waals surface area contributed by atoms with Crippen LogP contribution in [0.1, 0.15) is 22.0 Å². The van der Waals surface area contributed by atoms with Crippen LogP contribution in [0, 0.1) is 5.82 Å². The number of nitrogens with one attached hydrogen (secondary N) is 1. The van der Waals surface area contributed by atoms with Crippen LogP contribution in [-0.4, -0.2) is 31.4 Å².